The minimum Gasteiger partial charge on any atom is -0.298 e. The van der Waals surface area contributed by atoms with E-state index in [1.54, 1.807) is 18.5 Å². The molecule has 7 heteroatoms. The maximum atomic E-state index is 12.8. The third-order valence-corrected chi connectivity index (χ3v) is 6.58. The van der Waals surface area contributed by atoms with Crippen molar-refractivity contribution < 1.29 is 9.00 Å². The van der Waals surface area contributed by atoms with Crippen LogP contribution in [0.3, 0.4) is 0 Å². The summed E-state index contributed by atoms with van der Waals surface area (Å²) < 4.78 is 12.2. The smallest absolute Gasteiger partial charge is 0.257 e. The number of nitrogens with one attached hydrogen (secondary N) is 1. The molecule has 1 N–H and O–H groups in total. The number of hydrogen-bond acceptors (Lipinski definition) is 5. The Labute approximate surface area is 160 Å². The average molecular weight is 390 g/mol. The number of allylic oxidation sites excluding steroid dienone is 1. The molecule has 0 radical (unpaired) electrons. The summed E-state index contributed by atoms with van der Waals surface area (Å²) in [7, 11) is -1.14. The third-order valence-electron chi connectivity index (χ3n) is 4.38. The van der Waals surface area contributed by atoms with Crippen LogP contribution in [0, 0.1) is 5.92 Å². The lowest BCUT2D eigenvalue weighted by Gasteiger charge is -2.11. The van der Waals surface area contributed by atoms with Crippen molar-refractivity contribution in [1.29, 1.82) is 0 Å². The number of amides is 1. The molecule has 26 heavy (non-hydrogen) atoms. The average Bonchev–Trinajstić information content (AvgIpc) is 3.33. The van der Waals surface area contributed by atoms with Crippen LogP contribution in [0.25, 0.3) is 5.57 Å². The SMILES string of the molecule is CC(C)S(=O)c1ccc(C(=CC2CCCC2)C(=O)Nc2nccs2)cn1. The number of nitrogens with zero attached hydrogens (tertiary/aromatic N) is 2. The van der Waals surface area contributed by atoms with Crippen LogP contribution in [0.4, 0.5) is 5.13 Å². The molecule has 0 aliphatic heterocycles. The van der Waals surface area contributed by atoms with Crippen molar-refractivity contribution in [3.05, 3.63) is 41.5 Å². The summed E-state index contributed by atoms with van der Waals surface area (Å²) in [5, 5.41) is 5.83. The van der Waals surface area contributed by atoms with Gasteiger partial charge < -0.3 is 0 Å². The van der Waals surface area contributed by atoms with Gasteiger partial charge >= 0.3 is 0 Å². The predicted molar refractivity (Wildman–Crippen MR) is 106 cm³/mol. The molecule has 1 atom stereocenters. The Morgan fingerprint density at radius 1 is 1.31 bits per heavy atom. The molecule has 138 valence electrons. The highest BCUT2D eigenvalue weighted by atomic mass is 32.2. The Hall–Kier alpha value is -1.86. The summed E-state index contributed by atoms with van der Waals surface area (Å²) >= 11 is 1.39. The second-order valence-electron chi connectivity index (χ2n) is 6.65. The minimum atomic E-state index is -1.14. The third kappa shape index (κ3) is 4.65. The largest absolute Gasteiger partial charge is 0.298 e. The number of hydrogen-bond donors (Lipinski definition) is 1. The first-order valence-electron chi connectivity index (χ1n) is 8.84. The van der Waals surface area contributed by atoms with E-state index in [-0.39, 0.29) is 11.2 Å². The number of rotatable bonds is 6. The van der Waals surface area contributed by atoms with Crippen molar-refractivity contribution in [1.82, 2.24) is 9.97 Å². The van der Waals surface area contributed by atoms with Gasteiger partial charge in [0.05, 0.1) is 10.8 Å². The van der Waals surface area contributed by atoms with Gasteiger partial charge in [-0.15, -0.1) is 11.3 Å². The second kappa shape index (κ2) is 8.68. The zero-order chi connectivity index (χ0) is 18.5. The van der Waals surface area contributed by atoms with E-state index in [0.29, 0.717) is 21.6 Å². The van der Waals surface area contributed by atoms with E-state index >= 15 is 0 Å². The van der Waals surface area contributed by atoms with Crippen molar-refractivity contribution in [3.63, 3.8) is 0 Å². The standard InChI is InChI=1S/C19H23N3O2S2/c1-13(2)26(24)17-8-7-15(12-21-17)16(11-14-5-3-4-6-14)18(23)22-19-20-9-10-25-19/h7-14H,3-6H2,1-2H3,(H,20,22,23). The highest BCUT2D eigenvalue weighted by Crippen LogP contribution is 2.30. The Morgan fingerprint density at radius 2 is 2.08 bits per heavy atom. The molecule has 1 aliphatic rings. The maximum Gasteiger partial charge on any atom is 0.257 e. The number of carbonyl (C=O) groups excluding carboxylic acids is 1. The highest BCUT2D eigenvalue weighted by molar-refractivity contribution is 7.85. The van der Waals surface area contributed by atoms with E-state index in [4.69, 9.17) is 0 Å². The number of anilines is 1. The molecule has 1 saturated carbocycles. The summed E-state index contributed by atoms with van der Waals surface area (Å²) in [5.41, 5.74) is 1.36. The van der Waals surface area contributed by atoms with Crippen molar-refractivity contribution in [2.75, 3.05) is 5.32 Å². The normalized spacial score (nSPS) is 16.8. The fraction of sp³-hybridized carbons (Fsp3) is 0.421. The zero-order valence-corrected chi connectivity index (χ0v) is 16.6. The van der Waals surface area contributed by atoms with Gasteiger partial charge in [0.25, 0.3) is 5.91 Å². The Bertz CT molecular complexity index is 793. The lowest BCUT2D eigenvalue weighted by atomic mass is 9.99. The highest BCUT2D eigenvalue weighted by Gasteiger charge is 2.20. The van der Waals surface area contributed by atoms with Gasteiger partial charge in [-0.2, -0.15) is 0 Å². The van der Waals surface area contributed by atoms with E-state index in [1.165, 1.54) is 24.2 Å². The van der Waals surface area contributed by atoms with E-state index in [9.17, 15) is 9.00 Å². The molecule has 3 rings (SSSR count). The van der Waals surface area contributed by atoms with Crippen molar-refractivity contribution in [2.45, 2.75) is 49.8 Å². The van der Waals surface area contributed by atoms with Crippen molar-refractivity contribution in [3.8, 4) is 0 Å². The monoisotopic (exact) mass is 389 g/mol. The molecule has 0 aromatic carbocycles. The lowest BCUT2D eigenvalue weighted by molar-refractivity contribution is -0.111. The van der Waals surface area contributed by atoms with Crippen LogP contribution in [0.5, 0.6) is 0 Å². The van der Waals surface area contributed by atoms with Gasteiger partial charge in [-0.1, -0.05) is 32.8 Å². The second-order valence-corrected chi connectivity index (χ2v) is 9.50. The number of aromatic nitrogens is 2. The van der Waals surface area contributed by atoms with Crippen LogP contribution in [0.2, 0.25) is 0 Å². The maximum absolute atomic E-state index is 12.8. The van der Waals surface area contributed by atoms with E-state index in [0.717, 1.165) is 18.4 Å². The van der Waals surface area contributed by atoms with Crippen LogP contribution < -0.4 is 5.32 Å². The van der Waals surface area contributed by atoms with Crippen molar-refractivity contribution >= 4 is 38.7 Å². The molecule has 5 nitrogen and oxygen atoms in total. The molecular formula is C19H23N3O2S2. The molecule has 2 aromatic heterocycles. The summed E-state index contributed by atoms with van der Waals surface area (Å²) in [6.07, 6.45) is 10.00. The van der Waals surface area contributed by atoms with Gasteiger partial charge in [0.1, 0.15) is 5.03 Å². The van der Waals surface area contributed by atoms with Crippen LogP contribution in [-0.2, 0) is 15.6 Å². The van der Waals surface area contributed by atoms with Crippen molar-refractivity contribution in [2.24, 2.45) is 5.92 Å². The first-order chi connectivity index (χ1) is 12.5. The van der Waals surface area contributed by atoms with Crippen LogP contribution in [0.1, 0.15) is 45.1 Å². The first kappa shape index (κ1) is 18.9. The zero-order valence-electron chi connectivity index (χ0n) is 15.0. The van der Waals surface area contributed by atoms with E-state index < -0.39 is 10.8 Å². The van der Waals surface area contributed by atoms with Crippen LogP contribution >= 0.6 is 11.3 Å². The Kier molecular flexibility index (Phi) is 6.32. The molecule has 1 fully saturated rings. The number of pyridine rings is 1. The predicted octanol–water partition coefficient (Wildman–Crippen LogP) is 4.27. The topological polar surface area (TPSA) is 72.0 Å². The minimum absolute atomic E-state index is 0.00931. The van der Waals surface area contributed by atoms with Gasteiger partial charge in [0.2, 0.25) is 0 Å². The summed E-state index contributed by atoms with van der Waals surface area (Å²) in [6, 6.07) is 3.59. The van der Waals surface area contributed by atoms with Gasteiger partial charge in [0.15, 0.2) is 5.13 Å². The molecule has 0 saturated heterocycles. The van der Waals surface area contributed by atoms with Crippen LogP contribution in [0.15, 0.2) is 41.0 Å². The molecule has 1 aliphatic carbocycles. The fourth-order valence-electron chi connectivity index (χ4n) is 3.01. The van der Waals surface area contributed by atoms with Crippen LogP contribution in [-0.4, -0.2) is 25.3 Å². The molecular weight excluding hydrogens is 366 g/mol. The Balaban J connectivity index is 1.87. The molecule has 2 aromatic rings. The number of thiazole rings is 1. The Morgan fingerprint density at radius 3 is 2.65 bits per heavy atom. The van der Waals surface area contributed by atoms with Gasteiger partial charge in [-0.25, -0.2) is 9.97 Å². The molecule has 0 bridgehead atoms. The van der Waals surface area contributed by atoms with E-state index in [2.05, 4.69) is 21.4 Å². The van der Waals surface area contributed by atoms with Gasteiger partial charge in [-0.3, -0.25) is 14.3 Å². The molecule has 1 amide bonds. The van der Waals surface area contributed by atoms with Gasteiger partial charge in [0, 0.05) is 34.2 Å². The quantitative estimate of drug-likeness (QED) is 0.749. The molecule has 0 spiro atoms. The molecule has 1 unspecified atom stereocenters. The summed E-state index contributed by atoms with van der Waals surface area (Å²) in [5.74, 6) is 0.239. The first-order valence-corrected chi connectivity index (χ1v) is 10.9. The molecule has 2 heterocycles. The summed E-state index contributed by atoms with van der Waals surface area (Å²) in [6.45, 7) is 3.80. The van der Waals surface area contributed by atoms with Gasteiger partial charge in [-0.05, 0) is 30.9 Å². The summed E-state index contributed by atoms with van der Waals surface area (Å²) in [4.78, 5) is 21.3. The number of carbonyl (C=O) groups is 1. The van der Waals surface area contributed by atoms with E-state index in [1.807, 2.05) is 25.3 Å². The lowest BCUT2D eigenvalue weighted by Crippen LogP contribution is -2.15. The fourth-order valence-corrected chi connectivity index (χ4v) is 4.38.